The van der Waals surface area contributed by atoms with Gasteiger partial charge in [0.25, 0.3) is 14.2 Å². The summed E-state index contributed by atoms with van der Waals surface area (Å²) in [5.41, 5.74) is 1.71. The van der Waals surface area contributed by atoms with E-state index in [1.165, 1.54) is 4.57 Å². The highest BCUT2D eigenvalue weighted by molar-refractivity contribution is 8.13. The second-order valence-electron chi connectivity index (χ2n) is 4.58. The molecule has 0 saturated heterocycles. The minimum Gasteiger partial charge on any atom is -0.496 e. The Kier molecular flexibility index (Phi) is 4.53. The molecule has 8 heteroatoms. The van der Waals surface area contributed by atoms with Gasteiger partial charge in [-0.3, -0.25) is 4.57 Å². The summed E-state index contributed by atoms with van der Waals surface area (Å²) in [6.07, 6.45) is 0.730. The van der Waals surface area contributed by atoms with E-state index < -0.39 is 9.05 Å². The van der Waals surface area contributed by atoms with Crippen molar-refractivity contribution in [3.05, 3.63) is 23.8 Å². The van der Waals surface area contributed by atoms with Gasteiger partial charge in [0.05, 0.1) is 7.11 Å². The smallest absolute Gasteiger partial charge is 0.296 e. The molecule has 1 aromatic carbocycles. The van der Waals surface area contributed by atoms with E-state index >= 15 is 0 Å². The molecule has 2 rings (SSSR count). The molecule has 0 aliphatic rings. The van der Waals surface area contributed by atoms with E-state index in [2.05, 4.69) is 10.2 Å². The maximum absolute atomic E-state index is 11.6. The number of aryl methyl sites for hydroxylation is 1. The molecule has 114 valence electrons. The molecule has 0 fully saturated rings. The Morgan fingerprint density at radius 3 is 2.62 bits per heavy atom. The van der Waals surface area contributed by atoms with Gasteiger partial charge in [-0.15, -0.1) is 10.2 Å². The average Bonchev–Trinajstić information content (AvgIpc) is 2.83. The van der Waals surface area contributed by atoms with Gasteiger partial charge in [-0.2, -0.15) is 0 Å². The molecule has 1 heterocycles. The lowest BCUT2D eigenvalue weighted by Gasteiger charge is -2.10. The van der Waals surface area contributed by atoms with Crippen LogP contribution in [0.4, 0.5) is 0 Å². The molecule has 0 radical (unpaired) electrons. The Balaban J connectivity index is 2.61. The van der Waals surface area contributed by atoms with Crippen LogP contribution < -0.4 is 4.74 Å². The van der Waals surface area contributed by atoms with Crippen LogP contribution >= 0.6 is 10.7 Å². The molecule has 0 bridgehead atoms. The molecular weight excluding hydrogens is 314 g/mol. The van der Waals surface area contributed by atoms with Gasteiger partial charge < -0.3 is 4.74 Å². The lowest BCUT2D eigenvalue weighted by Crippen LogP contribution is -2.07. The van der Waals surface area contributed by atoms with Crippen LogP contribution in [0.5, 0.6) is 5.75 Å². The van der Waals surface area contributed by atoms with Crippen LogP contribution in [0.25, 0.3) is 11.4 Å². The largest absolute Gasteiger partial charge is 0.496 e. The van der Waals surface area contributed by atoms with Gasteiger partial charge in [0, 0.05) is 22.8 Å². The highest BCUT2D eigenvalue weighted by Gasteiger charge is 2.23. The Labute approximate surface area is 128 Å². The Hall–Kier alpha value is -1.60. The third kappa shape index (κ3) is 3.19. The summed E-state index contributed by atoms with van der Waals surface area (Å²) in [4.78, 5) is 0. The van der Waals surface area contributed by atoms with E-state index in [4.69, 9.17) is 15.4 Å². The van der Waals surface area contributed by atoms with Crippen LogP contribution in [0.3, 0.4) is 0 Å². The number of hydrogen-bond acceptors (Lipinski definition) is 5. The second kappa shape index (κ2) is 6.03. The van der Waals surface area contributed by atoms with Gasteiger partial charge in [0.1, 0.15) is 5.75 Å². The highest BCUT2D eigenvalue weighted by atomic mass is 35.7. The maximum Gasteiger partial charge on any atom is 0.296 e. The quantitative estimate of drug-likeness (QED) is 0.788. The number of aromatic nitrogens is 3. The fourth-order valence-electron chi connectivity index (χ4n) is 2.07. The number of halogens is 1. The Morgan fingerprint density at radius 2 is 2.05 bits per heavy atom. The second-order valence-corrected chi connectivity index (χ2v) is 7.04. The third-order valence-corrected chi connectivity index (χ3v) is 4.20. The highest BCUT2D eigenvalue weighted by Crippen LogP contribution is 2.28. The van der Waals surface area contributed by atoms with E-state index in [1.807, 2.05) is 26.0 Å². The fourth-order valence-corrected chi connectivity index (χ4v) is 2.99. The zero-order chi connectivity index (χ0) is 15.6. The first-order chi connectivity index (χ1) is 9.88. The molecule has 0 aliphatic carbocycles. The molecule has 2 aromatic rings. The van der Waals surface area contributed by atoms with Crippen molar-refractivity contribution in [2.75, 3.05) is 7.11 Å². The average molecular weight is 330 g/mol. The first-order valence-corrected chi connectivity index (χ1v) is 8.72. The van der Waals surface area contributed by atoms with Gasteiger partial charge in [0.2, 0.25) is 0 Å². The van der Waals surface area contributed by atoms with Crippen molar-refractivity contribution < 1.29 is 13.2 Å². The Bertz CT molecular complexity index is 756. The summed E-state index contributed by atoms with van der Waals surface area (Å²) in [6, 6.07) is 5.53. The van der Waals surface area contributed by atoms with E-state index in [1.54, 1.807) is 13.2 Å². The summed E-state index contributed by atoms with van der Waals surface area (Å²) in [6.45, 7) is 4.32. The van der Waals surface area contributed by atoms with Gasteiger partial charge in [-0.25, -0.2) is 8.42 Å². The summed E-state index contributed by atoms with van der Waals surface area (Å²) in [5, 5.41) is 7.45. The fraction of sp³-hybridized carbons (Fsp3) is 0.385. The molecule has 6 nitrogen and oxygen atoms in total. The van der Waals surface area contributed by atoms with Crippen molar-refractivity contribution in [2.45, 2.75) is 32.0 Å². The topological polar surface area (TPSA) is 74.1 Å². The van der Waals surface area contributed by atoms with Crippen molar-refractivity contribution in [3.63, 3.8) is 0 Å². The van der Waals surface area contributed by atoms with Crippen LogP contribution in [-0.4, -0.2) is 30.3 Å². The van der Waals surface area contributed by atoms with Crippen molar-refractivity contribution in [1.82, 2.24) is 14.8 Å². The number of benzene rings is 1. The van der Waals surface area contributed by atoms with Gasteiger partial charge >= 0.3 is 0 Å². The third-order valence-electron chi connectivity index (χ3n) is 3.05. The van der Waals surface area contributed by atoms with Crippen LogP contribution in [-0.2, 0) is 15.6 Å². The number of ether oxygens (including phenoxy) is 1. The maximum atomic E-state index is 11.6. The first kappa shape index (κ1) is 15.8. The minimum absolute atomic E-state index is 0.236. The number of methoxy groups -OCH3 is 1. The predicted octanol–water partition coefficient (Wildman–Crippen LogP) is 2.60. The normalized spacial score (nSPS) is 11.6. The standard InChI is InChI=1S/C13H16ClN3O3S/c1-4-7-17-12(15-16-13(17)21(14,18)19)10-6-5-9(2)11(8-10)20-3/h5-6,8H,4,7H2,1-3H3. The molecule has 0 spiro atoms. The molecule has 0 aliphatic heterocycles. The van der Waals surface area contributed by atoms with E-state index in [9.17, 15) is 8.42 Å². The molecule has 0 N–H and O–H groups in total. The molecule has 21 heavy (non-hydrogen) atoms. The van der Waals surface area contributed by atoms with Gasteiger partial charge in [-0.05, 0) is 25.0 Å². The molecular formula is C13H16ClN3O3S. The zero-order valence-corrected chi connectivity index (χ0v) is 13.6. The lowest BCUT2D eigenvalue weighted by molar-refractivity contribution is 0.412. The summed E-state index contributed by atoms with van der Waals surface area (Å²) < 4.78 is 29.9. The SMILES string of the molecule is CCCn1c(-c2ccc(C)c(OC)c2)nnc1S(=O)(=O)Cl. The zero-order valence-electron chi connectivity index (χ0n) is 12.0. The number of rotatable bonds is 5. The monoisotopic (exact) mass is 329 g/mol. The van der Waals surface area contributed by atoms with Crippen molar-refractivity contribution in [2.24, 2.45) is 0 Å². The summed E-state index contributed by atoms with van der Waals surface area (Å²) in [7, 11) is 3.05. The number of hydrogen-bond donors (Lipinski definition) is 0. The predicted molar refractivity (Wildman–Crippen MR) is 80.1 cm³/mol. The van der Waals surface area contributed by atoms with E-state index in [-0.39, 0.29) is 5.16 Å². The van der Waals surface area contributed by atoms with Crippen molar-refractivity contribution in [3.8, 4) is 17.1 Å². The van der Waals surface area contributed by atoms with E-state index in [0.717, 1.165) is 17.5 Å². The van der Waals surface area contributed by atoms with Gasteiger partial charge in [-0.1, -0.05) is 19.1 Å². The molecule has 1 aromatic heterocycles. The molecule has 0 amide bonds. The van der Waals surface area contributed by atoms with Crippen LogP contribution in [0.1, 0.15) is 18.9 Å². The molecule has 0 unspecified atom stereocenters. The lowest BCUT2D eigenvalue weighted by atomic mass is 10.1. The van der Waals surface area contributed by atoms with E-state index in [0.29, 0.717) is 18.1 Å². The van der Waals surface area contributed by atoms with Gasteiger partial charge in [0.15, 0.2) is 5.82 Å². The van der Waals surface area contributed by atoms with Crippen molar-refractivity contribution >= 4 is 19.7 Å². The summed E-state index contributed by atoms with van der Waals surface area (Å²) >= 11 is 0. The van der Waals surface area contributed by atoms with Crippen LogP contribution in [0, 0.1) is 6.92 Å². The van der Waals surface area contributed by atoms with Crippen LogP contribution in [0.15, 0.2) is 23.4 Å². The number of nitrogens with zero attached hydrogens (tertiary/aromatic N) is 3. The van der Waals surface area contributed by atoms with Crippen LogP contribution in [0.2, 0.25) is 0 Å². The molecule has 0 atom stereocenters. The molecule has 0 saturated carbocycles. The minimum atomic E-state index is -3.94. The van der Waals surface area contributed by atoms with Crippen molar-refractivity contribution in [1.29, 1.82) is 0 Å². The Morgan fingerprint density at radius 1 is 1.33 bits per heavy atom. The summed E-state index contributed by atoms with van der Waals surface area (Å²) in [5.74, 6) is 1.16. The first-order valence-electron chi connectivity index (χ1n) is 6.41.